The summed E-state index contributed by atoms with van der Waals surface area (Å²) in [6.07, 6.45) is 0. The smallest absolute Gasteiger partial charge is 0.0714 e. The van der Waals surface area contributed by atoms with E-state index in [1.54, 1.807) is 0 Å². The first-order chi connectivity index (χ1) is 32.3. The van der Waals surface area contributed by atoms with Gasteiger partial charge < -0.3 is 9.47 Å². The lowest BCUT2D eigenvalue weighted by Crippen LogP contribution is -2.28. The third-order valence-electron chi connectivity index (χ3n) is 13.8. The summed E-state index contributed by atoms with van der Waals surface area (Å²) in [5.74, 6) is 0. The van der Waals surface area contributed by atoms with Crippen molar-refractivity contribution in [2.75, 3.05) is 4.90 Å². The highest BCUT2D eigenvalue weighted by molar-refractivity contribution is 6.15. The van der Waals surface area contributed by atoms with E-state index in [-0.39, 0.29) is 0 Å². The molecule has 0 amide bonds. The van der Waals surface area contributed by atoms with Crippen LogP contribution < -0.4 is 4.90 Å². The number of aromatic nitrogens is 1. The Balaban J connectivity index is 1.00. The van der Waals surface area contributed by atoms with Gasteiger partial charge in [-0.2, -0.15) is 0 Å². The lowest BCUT2D eigenvalue weighted by molar-refractivity contribution is 0.768. The van der Waals surface area contributed by atoms with E-state index >= 15 is 0 Å². The first-order valence-electron chi connectivity index (χ1n) is 22.5. The summed E-state index contributed by atoms with van der Waals surface area (Å²) in [4.78, 5) is 2.47. The van der Waals surface area contributed by atoms with Crippen LogP contribution in [0.1, 0.15) is 22.3 Å². The molecule has 0 atom stereocenters. The zero-order chi connectivity index (χ0) is 42.9. The Morgan fingerprint density at radius 2 is 0.877 bits per heavy atom. The molecule has 13 rings (SSSR count). The lowest BCUT2D eigenvalue weighted by Gasteiger charge is -2.35. The molecule has 1 aliphatic rings. The number of hydrogen-bond acceptors (Lipinski definition) is 1. The van der Waals surface area contributed by atoms with Crippen molar-refractivity contribution in [3.8, 4) is 27.9 Å². The SMILES string of the molecule is c1ccc(C2(c3cccc(N(c4ccc(-c5cccc(-n6c7ccccc7c7ccccc76)c5)cc4)c4cc5ccccc5c5ccccc45)c3)c3ccccc3-c3ccccc32)cc1. The second kappa shape index (κ2) is 14.8. The Morgan fingerprint density at radius 3 is 1.58 bits per heavy atom. The summed E-state index contributed by atoms with van der Waals surface area (Å²) in [7, 11) is 0. The van der Waals surface area contributed by atoms with Crippen LogP contribution >= 0.6 is 0 Å². The van der Waals surface area contributed by atoms with Gasteiger partial charge in [0.05, 0.1) is 22.1 Å². The summed E-state index contributed by atoms with van der Waals surface area (Å²) in [5.41, 5.74) is 16.4. The summed E-state index contributed by atoms with van der Waals surface area (Å²) >= 11 is 0. The topological polar surface area (TPSA) is 8.17 Å². The summed E-state index contributed by atoms with van der Waals surface area (Å²) < 4.78 is 2.39. The molecule has 0 unspecified atom stereocenters. The maximum Gasteiger partial charge on any atom is 0.0714 e. The normalized spacial score (nSPS) is 12.7. The molecule has 12 aromatic rings. The van der Waals surface area contributed by atoms with Crippen LogP contribution in [0.4, 0.5) is 17.1 Å². The maximum atomic E-state index is 2.47. The molecule has 0 N–H and O–H groups in total. The second-order valence-corrected chi connectivity index (χ2v) is 17.2. The molecule has 304 valence electrons. The van der Waals surface area contributed by atoms with Crippen molar-refractivity contribution in [1.29, 1.82) is 0 Å². The maximum absolute atomic E-state index is 2.47. The van der Waals surface area contributed by atoms with Crippen molar-refractivity contribution in [2.24, 2.45) is 0 Å². The number of para-hydroxylation sites is 2. The Kier molecular flexibility index (Phi) is 8.47. The third-order valence-corrected chi connectivity index (χ3v) is 13.8. The average Bonchev–Trinajstić information content (AvgIpc) is 3.88. The minimum atomic E-state index is -0.521. The van der Waals surface area contributed by atoms with E-state index in [1.807, 2.05) is 0 Å². The molecule has 2 heteroatoms. The fourth-order valence-corrected chi connectivity index (χ4v) is 11.1. The predicted molar refractivity (Wildman–Crippen MR) is 273 cm³/mol. The summed E-state index contributed by atoms with van der Waals surface area (Å²) in [5, 5.41) is 7.42. The summed E-state index contributed by atoms with van der Waals surface area (Å²) in [6, 6.07) is 93.9. The van der Waals surface area contributed by atoms with E-state index in [0.717, 1.165) is 28.3 Å². The average molecular weight is 827 g/mol. The van der Waals surface area contributed by atoms with Gasteiger partial charge in [-0.05, 0) is 115 Å². The number of anilines is 3. The van der Waals surface area contributed by atoms with E-state index in [9.17, 15) is 0 Å². The van der Waals surface area contributed by atoms with Gasteiger partial charge in [-0.1, -0.05) is 200 Å². The Labute approximate surface area is 378 Å². The molecular formula is C63H42N2. The molecule has 1 heterocycles. The molecule has 0 saturated heterocycles. The first-order valence-corrected chi connectivity index (χ1v) is 22.5. The molecule has 0 saturated carbocycles. The highest BCUT2D eigenvalue weighted by Crippen LogP contribution is 2.57. The van der Waals surface area contributed by atoms with Crippen LogP contribution in [-0.2, 0) is 5.41 Å². The van der Waals surface area contributed by atoms with Crippen molar-refractivity contribution >= 4 is 60.4 Å². The molecule has 0 bridgehead atoms. The Bertz CT molecular complexity index is 3680. The zero-order valence-corrected chi connectivity index (χ0v) is 35.6. The number of hydrogen-bond donors (Lipinski definition) is 0. The fraction of sp³-hybridized carbons (Fsp3) is 0.0159. The minimum absolute atomic E-state index is 0.521. The van der Waals surface area contributed by atoms with Gasteiger partial charge in [0.1, 0.15) is 0 Å². The van der Waals surface area contributed by atoms with Gasteiger partial charge in [0.25, 0.3) is 0 Å². The molecule has 11 aromatic carbocycles. The second-order valence-electron chi connectivity index (χ2n) is 17.2. The number of rotatable bonds is 7. The van der Waals surface area contributed by atoms with Gasteiger partial charge in [0, 0.05) is 33.2 Å². The van der Waals surface area contributed by atoms with Crippen LogP contribution in [0.3, 0.4) is 0 Å². The van der Waals surface area contributed by atoms with Crippen molar-refractivity contribution < 1.29 is 0 Å². The molecule has 2 nitrogen and oxygen atoms in total. The highest BCUT2D eigenvalue weighted by Gasteiger charge is 2.46. The van der Waals surface area contributed by atoms with E-state index in [2.05, 4.69) is 264 Å². The molecule has 65 heavy (non-hydrogen) atoms. The molecule has 1 aliphatic carbocycles. The fourth-order valence-electron chi connectivity index (χ4n) is 11.1. The third kappa shape index (κ3) is 5.67. The lowest BCUT2D eigenvalue weighted by atomic mass is 9.67. The minimum Gasteiger partial charge on any atom is -0.310 e. The zero-order valence-electron chi connectivity index (χ0n) is 35.6. The van der Waals surface area contributed by atoms with Gasteiger partial charge in [-0.3, -0.25) is 0 Å². The summed E-state index contributed by atoms with van der Waals surface area (Å²) in [6.45, 7) is 0. The standard InChI is InChI=1S/C63H42N2/c1-2-20-46(21-3-1)63(58-32-12-8-27-53(58)54-28-9-13-33-59(54)63)47-22-17-24-50(42-47)64(62-41-45-18-4-5-25-51(45)52-26-6-7-29-55(52)62)48-38-36-43(37-39-48)44-19-16-23-49(40-44)65-60-34-14-10-30-56(60)57-31-11-15-35-61(57)65/h1-42H. The quantitative estimate of drug-likeness (QED) is 0.145. The van der Waals surface area contributed by atoms with Gasteiger partial charge in [-0.25, -0.2) is 0 Å². The highest BCUT2D eigenvalue weighted by atomic mass is 15.1. The monoisotopic (exact) mass is 826 g/mol. The molecular weight excluding hydrogens is 785 g/mol. The van der Waals surface area contributed by atoms with Gasteiger partial charge in [0.15, 0.2) is 0 Å². The van der Waals surface area contributed by atoms with Crippen molar-refractivity contribution in [1.82, 2.24) is 4.57 Å². The molecule has 1 aromatic heterocycles. The molecule has 0 aliphatic heterocycles. The van der Waals surface area contributed by atoms with Crippen LogP contribution in [0.15, 0.2) is 255 Å². The van der Waals surface area contributed by atoms with Crippen molar-refractivity contribution in [3.05, 3.63) is 277 Å². The van der Waals surface area contributed by atoms with Crippen LogP contribution in [0.2, 0.25) is 0 Å². The van der Waals surface area contributed by atoms with Gasteiger partial charge in [-0.15, -0.1) is 0 Å². The molecule has 0 spiro atoms. The van der Waals surface area contributed by atoms with E-state index in [4.69, 9.17) is 0 Å². The van der Waals surface area contributed by atoms with E-state index in [0.29, 0.717) is 0 Å². The van der Waals surface area contributed by atoms with Crippen molar-refractivity contribution in [3.63, 3.8) is 0 Å². The largest absolute Gasteiger partial charge is 0.310 e. The predicted octanol–water partition coefficient (Wildman–Crippen LogP) is 16.6. The van der Waals surface area contributed by atoms with Crippen LogP contribution in [0, 0.1) is 0 Å². The van der Waals surface area contributed by atoms with Crippen LogP contribution in [0.25, 0.3) is 71.3 Å². The van der Waals surface area contributed by atoms with Crippen LogP contribution in [0.5, 0.6) is 0 Å². The van der Waals surface area contributed by atoms with E-state index in [1.165, 1.54) is 82.3 Å². The Morgan fingerprint density at radius 1 is 0.323 bits per heavy atom. The number of nitrogens with zero attached hydrogens (tertiary/aromatic N) is 2. The van der Waals surface area contributed by atoms with Gasteiger partial charge in [0.2, 0.25) is 0 Å². The van der Waals surface area contributed by atoms with E-state index < -0.39 is 5.41 Å². The molecule has 0 radical (unpaired) electrons. The van der Waals surface area contributed by atoms with Crippen molar-refractivity contribution in [2.45, 2.75) is 5.41 Å². The number of fused-ring (bicyclic) bond motifs is 9. The van der Waals surface area contributed by atoms with Gasteiger partial charge >= 0.3 is 0 Å². The molecule has 0 fully saturated rings. The first kappa shape index (κ1) is 37.1. The Hall–Kier alpha value is -8.46. The number of benzene rings is 11. The van der Waals surface area contributed by atoms with Crippen LogP contribution in [-0.4, -0.2) is 4.57 Å².